The van der Waals surface area contributed by atoms with E-state index in [0.717, 1.165) is 30.0 Å². The molecule has 3 saturated carbocycles. The lowest BCUT2D eigenvalue weighted by Gasteiger charge is -1.98. The Labute approximate surface area is 74.5 Å². The zero-order valence-electron chi connectivity index (χ0n) is 7.94. The maximum atomic E-state index is 5.43. The highest BCUT2D eigenvalue weighted by molar-refractivity contribution is 5.34. The van der Waals surface area contributed by atoms with Crippen molar-refractivity contribution in [3.63, 3.8) is 0 Å². The predicted molar refractivity (Wildman–Crippen MR) is 47.9 cm³/mol. The first kappa shape index (κ1) is 7.37. The average Bonchev–Trinajstić information content (AvgIpc) is 2.91. The zero-order valence-corrected chi connectivity index (χ0v) is 7.94. The highest BCUT2D eigenvalue weighted by atomic mass is 16.5. The molecule has 0 radical (unpaired) electrons. The molecule has 0 aromatic rings. The largest absolute Gasteiger partial charge is 0.382 e. The van der Waals surface area contributed by atoms with E-state index in [0.29, 0.717) is 0 Å². The first-order chi connectivity index (χ1) is 5.86. The standard InChI is InChI=1S/C11H18O/c1-2-12-8-3-9-10(4-5-10)11(9)6-7-11/h9H,2-8H2,1H3. The molecule has 0 aromatic heterocycles. The lowest BCUT2D eigenvalue weighted by Crippen LogP contribution is -1.95. The van der Waals surface area contributed by atoms with Crippen molar-refractivity contribution >= 4 is 0 Å². The summed E-state index contributed by atoms with van der Waals surface area (Å²) in [4.78, 5) is 0. The van der Waals surface area contributed by atoms with Crippen molar-refractivity contribution in [1.82, 2.24) is 0 Å². The monoisotopic (exact) mass is 166 g/mol. The minimum atomic E-state index is 0.893. The van der Waals surface area contributed by atoms with Crippen molar-refractivity contribution in [3.8, 4) is 0 Å². The van der Waals surface area contributed by atoms with E-state index < -0.39 is 0 Å². The first-order valence-corrected chi connectivity index (χ1v) is 5.43. The van der Waals surface area contributed by atoms with Crippen LogP contribution in [0.2, 0.25) is 0 Å². The SMILES string of the molecule is CCOCCC1C2(CC2)C12CC2. The van der Waals surface area contributed by atoms with Gasteiger partial charge in [0, 0.05) is 13.2 Å². The highest BCUT2D eigenvalue weighted by Gasteiger charge is 2.85. The van der Waals surface area contributed by atoms with E-state index in [1.165, 1.54) is 6.42 Å². The predicted octanol–water partition coefficient (Wildman–Crippen LogP) is 2.60. The van der Waals surface area contributed by atoms with Gasteiger partial charge in [0.2, 0.25) is 0 Å². The van der Waals surface area contributed by atoms with Crippen molar-refractivity contribution in [1.29, 1.82) is 0 Å². The third-order valence-corrected chi connectivity index (χ3v) is 4.57. The Morgan fingerprint density at radius 3 is 2.17 bits per heavy atom. The summed E-state index contributed by atoms with van der Waals surface area (Å²) in [6.45, 7) is 4.00. The van der Waals surface area contributed by atoms with Crippen LogP contribution in [0.25, 0.3) is 0 Å². The third-order valence-electron chi connectivity index (χ3n) is 4.57. The van der Waals surface area contributed by atoms with E-state index in [4.69, 9.17) is 4.74 Å². The Kier molecular flexibility index (Phi) is 1.27. The van der Waals surface area contributed by atoms with Crippen molar-refractivity contribution < 1.29 is 4.74 Å². The molecular weight excluding hydrogens is 148 g/mol. The van der Waals surface area contributed by atoms with Gasteiger partial charge in [-0.15, -0.1) is 0 Å². The second-order valence-electron chi connectivity index (χ2n) is 4.85. The molecule has 68 valence electrons. The average molecular weight is 166 g/mol. The van der Waals surface area contributed by atoms with Gasteiger partial charge < -0.3 is 4.74 Å². The van der Waals surface area contributed by atoms with Crippen LogP contribution in [0.15, 0.2) is 0 Å². The van der Waals surface area contributed by atoms with Gasteiger partial charge in [0.25, 0.3) is 0 Å². The fraction of sp³-hybridized carbons (Fsp3) is 1.00. The normalized spacial score (nSPS) is 37.2. The van der Waals surface area contributed by atoms with Gasteiger partial charge in [-0.25, -0.2) is 0 Å². The molecule has 0 bridgehead atoms. The van der Waals surface area contributed by atoms with E-state index in [9.17, 15) is 0 Å². The maximum Gasteiger partial charge on any atom is 0.0468 e. The van der Waals surface area contributed by atoms with E-state index >= 15 is 0 Å². The van der Waals surface area contributed by atoms with Crippen LogP contribution in [0, 0.1) is 16.7 Å². The van der Waals surface area contributed by atoms with Gasteiger partial charge in [0.05, 0.1) is 0 Å². The van der Waals surface area contributed by atoms with Crippen LogP contribution >= 0.6 is 0 Å². The van der Waals surface area contributed by atoms with Crippen LogP contribution in [0.1, 0.15) is 39.0 Å². The van der Waals surface area contributed by atoms with E-state index in [2.05, 4.69) is 6.92 Å². The Morgan fingerprint density at radius 1 is 1.17 bits per heavy atom. The summed E-state index contributed by atoms with van der Waals surface area (Å²) in [6.07, 6.45) is 7.54. The molecule has 1 heteroatoms. The maximum absolute atomic E-state index is 5.43. The number of fused-ring (bicyclic) bond motifs is 1. The van der Waals surface area contributed by atoms with Gasteiger partial charge in [0.15, 0.2) is 0 Å². The number of ether oxygens (including phenoxy) is 1. The van der Waals surface area contributed by atoms with Gasteiger partial charge in [-0.3, -0.25) is 0 Å². The van der Waals surface area contributed by atoms with Gasteiger partial charge in [-0.1, -0.05) is 0 Å². The van der Waals surface area contributed by atoms with Crippen LogP contribution < -0.4 is 0 Å². The molecule has 3 fully saturated rings. The number of hydrogen-bond acceptors (Lipinski definition) is 1. The molecule has 0 aliphatic heterocycles. The molecule has 0 aromatic carbocycles. The summed E-state index contributed by atoms with van der Waals surface area (Å²) in [5.74, 6) is 1.08. The van der Waals surface area contributed by atoms with Crippen molar-refractivity contribution in [2.75, 3.05) is 13.2 Å². The molecule has 0 atom stereocenters. The Balaban J connectivity index is 1.53. The summed E-state index contributed by atoms with van der Waals surface area (Å²) >= 11 is 0. The molecule has 3 aliphatic carbocycles. The third kappa shape index (κ3) is 0.693. The van der Waals surface area contributed by atoms with Crippen LogP contribution in [0.5, 0.6) is 0 Å². The molecule has 0 N–H and O–H groups in total. The van der Waals surface area contributed by atoms with Crippen LogP contribution in [-0.2, 0) is 4.74 Å². The minimum Gasteiger partial charge on any atom is -0.382 e. The van der Waals surface area contributed by atoms with Crippen molar-refractivity contribution in [2.24, 2.45) is 16.7 Å². The Bertz CT molecular complexity index is 183. The number of hydrogen-bond donors (Lipinski definition) is 0. The lowest BCUT2D eigenvalue weighted by atomic mass is 10.2. The Morgan fingerprint density at radius 2 is 1.75 bits per heavy atom. The van der Waals surface area contributed by atoms with Crippen LogP contribution in [-0.4, -0.2) is 13.2 Å². The summed E-state index contributed by atoms with van der Waals surface area (Å²) in [5.41, 5.74) is 1.79. The molecular formula is C11H18O. The molecule has 0 heterocycles. The summed E-state index contributed by atoms with van der Waals surface area (Å²) in [5, 5.41) is 0. The molecule has 0 unspecified atom stereocenters. The summed E-state index contributed by atoms with van der Waals surface area (Å²) < 4.78 is 5.43. The fourth-order valence-electron chi connectivity index (χ4n) is 3.70. The van der Waals surface area contributed by atoms with E-state index in [1.54, 1.807) is 25.7 Å². The second-order valence-corrected chi connectivity index (χ2v) is 4.85. The Hall–Kier alpha value is -0.0400. The summed E-state index contributed by atoms with van der Waals surface area (Å²) in [6, 6.07) is 0. The molecule has 0 amide bonds. The molecule has 0 saturated heterocycles. The quantitative estimate of drug-likeness (QED) is 0.583. The van der Waals surface area contributed by atoms with Gasteiger partial charge in [-0.05, 0) is 55.8 Å². The zero-order chi connectivity index (χ0) is 8.23. The molecule has 1 nitrogen and oxygen atoms in total. The fourth-order valence-corrected chi connectivity index (χ4v) is 3.70. The molecule has 3 aliphatic rings. The molecule has 12 heavy (non-hydrogen) atoms. The smallest absolute Gasteiger partial charge is 0.0468 e. The first-order valence-electron chi connectivity index (χ1n) is 5.43. The van der Waals surface area contributed by atoms with Gasteiger partial charge in [-0.2, -0.15) is 0 Å². The van der Waals surface area contributed by atoms with Crippen LogP contribution in [0.3, 0.4) is 0 Å². The number of rotatable bonds is 4. The molecule has 2 spiro atoms. The van der Waals surface area contributed by atoms with E-state index in [1.807, 2.05) is 0 Å². The minimum absolute atomic E-state index is 0.893. The van der Waals surface area contributed by atoms with Crippen LogP contribution in [0.4, 0.5) is 0 Å². The molecule has 3 rings (SSSR count). The van der Waals surface area contributed by atoms with Crippen molar-refractivity contribution in [2.45, 2.75) is 39.0 Å². The van der Waals surface area contributed by atoms with Crippen molar-refractivity contribution in [3.05, 3.63) is 0 Å². The second kappa shape index (κ2) is 2.06. The van der Waals surface area contributed by atoms with E-state index in [-0.39, 0.29) is 0 Å². The lowest BCUT2D eigenvalue weighted by molar-refractivity contribution is 0.138. The summed E-state index contributed by atoms with van der Waals surface area (Å²) in [7, 11) is 0. The van der Waals surface area contributed by atoms with Gasteiger partial charge in [0.1, 0.15) is 0 Å². The van der Waals surface area contributed by atoms with Gasteiger partial charge >= 0.3 is 0 Å². The highest BCUT2D eigenvalue weighted by Crippen LogP contribution is 2.93. The topological polar surface area (TPSA) is 9.23 Å².